The van der Waals surface area contributed by atoms with E-state index in [9.17, 15) is 4.79 Å². The van der Waals surface area contributed by atoms with Crippen molar-refractivity contribution in [1.82, 2.24) is 0 Å². The van der Waals surface area contributed by atoms with Crippen LogP contribution in [0.3, 0.4) is 0 Å². The van der Waals surface area contributed by atoms with E-state index in [1.807, 2.05) is 0 Å². The molecular formula is C10H18BrN3O5. The van der Waals surface area contributed by atoms with Crippen molar-refractivity contribution in [2.75, 3.05) is 46.2 Å². The lowest BCUT2D eigenvalue weighted by atomic mass is 10.3. The minimum atomic E-state index is -0.891. The predicted octanol–water partition coefficient (Wildman–Crippen LogP) is 1.58. The van der Waals surface area contributed by atoms with Crippen LogP contribution < -0.4 is 0 Å². The van der Waals surface area contributed by atoms with E-state index in [-0.39, 0.29) is 0 Å². The Kier molecular flexibility index (Phi) is 13.0. The quantitative estimate of drug-likeness (QED) is 0.180. The Hall–Kier alpha value is -0.860. The zero-order chi connectivity index (χ0) is 14.3. The Balaban J connectivity index is 3.10. The van der Waals surface area contributed by atoms with E-state index in [4.69, 9.17) is 24.8 Å². The molecule has 0 heterocycles. The average molecular weight is 340 g/mol. The number of azide groups is 1. The average Bonchev–Trinajstić information content (AvgIpc) is 2.39. The number of carboxylic acid groups (broad SMARTS) is 1. The fourth-order valence-electron chi connectivity index (χ4n) is 1.00. The SMILES string of the molecule is [N-]=[N+]=NCCOCCOCCOCCC(Br)C(=O)O. The van der Waals surface area contributed by atoms with E-state index in [0.29, 0.717) is 52.6 Å². The minimum Gasteiger partial charge on any atom is -0.480 e. The maximum absolute atomic E-state index is 10.5. The predicted molar refractivity (Wildman–Crippen MR) is 71.4 cm³/mol. The van der Waals surface area contributed by atoms with Crippen LogP contribution in [0.4, 0.5) is 0 Å². The molecule has 0 aromatic carbocycles. The molecule has 0 aliphatic rings. The molecular weight excluding hydrogens is 322 g/mol. The van der Waals surface area contributed by atoms with Gasteiger partial charge in [0.15, 0.2) is 0 Å². The number of carboxylic acids is 1. The van der Waals surface area contributed by atoms with E-state index in [1.165, 1.54) is 0 Å². The zero-order valence-corrected chi connectivity index (χ0v) is 12.1. The molecule has 1 N–H and O–H groups in total. The molecule has 0 aromatic heterocycles. The maximum atomic E-state index is 10.5. The van der Waals surface area contributed by atoms with Gasteiger partial charge in [0.25, 0.3) is 0 Å². The van der Waals surface area contributed by atoms with E-state index >= 15 is 0 Å². The summed E-state index contributed by atoms with van der Waals surface area (Å²) in [6.45, 7) is 2.79. The van der Waals surface area contributed by atoms with Crippen LogP contribution in [0.25, 0.3) is 10.4 Å². The van der Waals surface area contributed by atoms with Crippen LogP contribution in [-0.4, -0.2) is 62.1 Å². The van der Waals surface area contributed by atoms with Crippen LogP contribution in [0, 0.1) is 0 Å². The van der Waals surface area contributed by atoms with Gasteiger partial charge in [-0.3, -0.25) is 4.79 Å². The number of hydrogen-bond acceptors (Lipinski definition) is 5. The molecule has 19 heavy (non-hydrogen) atoms. The normalized spacial score (nSPS) is 11.8. The van der Waals surface area contributed by atoms with Crippen LogP contribution in [0.2, 0.25) is 0 Å². The Morgan fingerprint density at radius 1 is 1.16 bits per heavy atom. The first-order chi connectivity index (χ1) is 9.18. The highest BCUT2D eigenvalue weighted by molar-refractivity contribution is 9.10. The highest BCUT2D eigenvalue weighted by Gasteiger charge is 2.11. The lowest BCUT2D eigenvalue weighted by Gasteiger charge is -2.07. The van der Waals surface area contributed by atoms with Crippen molar-refractivity contribution in [3.05, 3.63) is 10.4 Å². The molecule has 0 radical (unpaired) electrons. The van der Waals surface area contributed by atoms with Gasteiger partial charge in [-0.15, -0.1) is 0 Å². The molecule has 0 saturated carbocycles. The fraction of sp³-hybridized carbons (Fsp3) is 0.900. The molecule has 0 aromatic rings. The standard InChI is InChI=1S/C10H18BrN3O5/c11-9(10(15)16)1-3-17-5-7-19-8-6-18-4-2-13-14-12/h9H,1-8H2,(H,15,16). The number of carbonyl (C=O) groups is 1. The Morgan fingerprint density at radius 2 is 1.68 bits per heavy atom. The number of aliphatic carboxylic acids is 1. The van der Waals surface area contributed by atoms with Crippen molar-refractivity contribution >= 4 is 21.9 Å². The third-order valence-electron chi connectivity index (χ3n) is 1.93. The monoisotopic (exact) mass is 339 g/mol. The van der Waals surface area contributed by atoms with E-state index in [0.717, 1.165) is 0 Å². The van der Waals surface area contributed by atoms with Gasteiger partial charge in [0, 0.05) is 18.1 Å². The molecule has 1 atom stereocenters. The number of ether oxygens (including phenoxy) is 3. The molecule has 0 saturated heterocycles. The maximum Gasteiger partial charge on any atom is 0.317 e. The summed E-state index contributed by atoms with van der Waals surface area (Å²) < 4.78 is 15.5. The summed E-state index contributed by atoms with van der Waals surface area (Å²) in [5, 5.41) is 11.9. The second-order valence-corrected chi connectivity index (χ2v) is 4.49. The highest BCUT2D eigenvalue weighted by atomic mass is 79.9. The van der Waals surface area contributed by atoms with Crippen molar-refractivity contribution in [1.29, 1.82) is 0 Å². The van der Waals surface area contributed by atoms with Crippen LogP contribution >= 0.6 is 15.9 Å². The second-order valence-electron chi connectivity index (χ2n) is 3.39. The topological polar surface area (TPSA) is 114 Å². The van der Waals surface area contributed by atoms with Crippen molar-refractivity contribution in [2.24, 2.45) is 5.11 Å². The number of hydrogen-bond donors (Lipinski definition) is 1. The molecule has 0 aliphatic heterocycles. The zero-order valence-electron chi connectivity index (χ0n) is 10.5. The first kappa shape index (κ1) is 18.1. The molecule has 0 spiro atoms. The number of nitrogens with zero attached hydrogens (tertiary/aromatic N) is 3. The summed E-state index contributed by atoms with van der Waals surface area (Å²) in [6, 6.07) is 0. The number of halogens is 1. The summed E-state index contributed by atoms with van der Waals surface area (Å²) in [5.74, 6) is -0.891. The van der Waals surface area contributed by atoms with Gasteiger partial charge in [-0.2, -0.15) is 0 Å². The number of rotatable bonds is 13. The fourth-order valence-corrected chi connectivity index (χ4v) is 1.19. The van der Waals surface area contributed by atoms with Crippen molar-refractivity contribution in [2.45, 2.75) is 11.2 Å². The molecule has 8 nitrogen and oxygen atoms in total. The van der Waals surface area contributed by atoms with Gasteiger partial charge in [-0.05, 0) is 12.0 Å². The van der Waals surface area contributed by atoms with Gasteiger partial charge in [-0.25, -0.2) is 0 Å². The molecule has 0 amide bonds. The molecule has 9 heteroatoms. The summed E-state index contributed by atoms with van der Waals surface area (Å²) in [4.78, 5) is 12.5. The molecule has 0 aliphatic carbocycles. The molecule has 0 bridgehead atoms. The van der Waals surface area contributed by atoms with Crippen molar-refractivity contribution in [3.8, 4) is 0 Å². The van der Waals surface area contributed by atoms with Gasteiger partial charge in [-0.1, -0.05) is 21.0 Å². The largest absolute Gasteiger partial charge is 0.480 e. The van der Waals surface area contributed by atoms with Crippen LogP contribution in [0.5, 0.6) is 0 Å². The Bertz CT molecular complexity index is 286. The first-order valence-electron chi connectivity index (χ1n) is 5.79. The van der Waals surface area contributed by atoms with E-state index in [2.05, 4.69) is 26.0 Å². The third kappa shape index (κ3) is 13.4. The van der Waals surface area contributed by atoms with Crippen LogP contribution in [-0.2, 0) is 19.0 Å². The Labute approximate surface area is 119 Å². The highest BCUT2D eigenvalue weighted by Crippen LogP contribution is 2.04. The summed E-state index contributed by atoms with van der Waals surface area (Å²) >= 11 is 3.01. The molecule has 110 valence electrons. The minimum absolute atomic E-state index is 0.316. The molecule has 0 rings (SSSR count). The van der Waals surface area contributed by atoms with E-state index < -0.39 is 10.8 Å². The van der Waals surface area contributed by atoms with Gasteiger partial charge in [0.05, 0.1) is 33.0 Å². The van der Waals surface area contributed by atoms with E-state index in [1.54, 1.807) is 0 Å². The van der Waals surface area contributed by atoms with Gasteiger partial charge >= 0.3 is 5.97 Å². The van der Waals surface area contributed by atoms with Gasteiger partial charge in [0.2, 0.25) is 0 Å². The van der Waals surface area contributed by atoms with Crippen molar-refractivity contribution < 1.29 is 24.1 Å². The second kappa shape index (κ2) is 13.6. The lowest BCUT2D eigenvalue weighted by Crippen LogP contribution is -2.16. The third-order valence-corrected chi connectivity index (χ3v) is 2.78. The van der Waals surface area contributed by atoms with Gasteiger partial charge < -0.3 is 19.3 Å². The summed E-state index contributed by atoms with van der Waals surface area (Å²) in [7, 11) is 0. The lowest BCUT2D eigenvalue weighted by molar-refractivity contribution is -0.136. The van der Waals surface area contributed by atoms with Crippen LogP contribution in [0.1, 0.15) is 6.42 Å². The summed E-state index contributed by atoms with van der Waals surface area (Å²) in [5.41, 5.74) is 8.00. The first-order valence-corrected chi connectivity index (χ1v) is 6.71. The number of alkyl halides is 1. The van der Waals surface area contributed by atoms with Crippen LogP contribution in [0.15, 0.2) is 5.11 Å². The van der Waals surface area contributed by atoms with Crippen molar-refractivity contribution in [3.63, 3.8) is 0 Å². The smallest absolute Gasteiger partial charge is 0.317 e. The Morgan fingerprint density at radius 3 is 2.21 bits per heavy atom. The molecule has 0 fully saturated rings. The van der Waals surface area contributed by atoms with Gasteiger partial charge in [0.1, 0.15) is 4.83 Å². The summed E-state index contributed by atoms with van der Waals surface area (Å²) in [6.07, 6.45) is 0.415. The molecule has 1 unspecified atom stereocenters.